The molecule has 0 spiro atoms. The standard InChI is InChI=1S/C29H47N5O7/c1-17(2)13-21(33-27(39)22(15-24(30)36)34-28(40)41-29(5,6)7)23(35)14-18(3)25(37)32-19(4)26(38)31-16-20-11-9-8-10-12-20/h8-12,17-19,21-23,35H,13-16H2,1-7H3,(H2,30,36)(H,31,38)(H,32,37)(H,33,39)(H,34,40)/t18-,19+,21+,22?,23+/m1/s1. The number of benzene rings is 1. The lowest BCUT2D eigenvalue weighted by Crippen LogP contribution is -2.55. The fourth-order valence-electron chi connectivity index (χ4n) is 3.96. The molecule has 1 aromatic carbocycles. The third kappa shape index (κ3) is 14.5. The van der Waals surface area contributed by atoms with Crippen molar-refractivity contribution in [3.8, 4) is 0 Å². The molecule has 0 aliphatic carbocycles. The molecule has 0 aromatic heterocycles. The van der Waals surface area contributed by atoms with Gasteiger partial charge in [-0.15, -0.1) is 0 Å². The minimum atomic E-state index is -1.32. The van der Waals surface area contributed by atoms with E-state index in [0.717, 1.165) is 5.56 Å². The molecule has 0 saturated heterocycles. The molecule has 1 unspecified atom stereocenters. The van der Waals surface area contributed by atoms with Crippen molar-refractivity contribution in [1.82, 2.24) is 21.3 Å². The molecule has 12 heteroatoms. The molecule has 230 valence electrons. The van der Waals surface area contributed by atoms with Crippen molar-refractivity contribution < 1.29 is 33.8 Å². The van der Waals surface area contributed by atoms with Gasteiger partial charge in [-0.1, -0.05) is 51.1 Å². The predicted octanol–water partition coefficient (Wildman–Crippen LogP) is 1.49. The topological polar surface area (TPSA) is 189 Å². The van der Waals surface area contributed by atoms with Crippen LogP contribution >= 0.6 is 0 Å². The van der Waals surface area contributed by atoms with Gasteiger partial charge < -0.3 is 36.8 Å². The van der Waals surface area contributed by atoms with Crippen LogP contribution in [0.1, 0.15) is 73.3 Å². The fourth-order valence-corrected chi connectivity index (χ4v) is 3.96. The number of amides is 5. The maximum Gasteiger partial charge on any atom is 0.408 e. The largest absolute Gasteiger partial charge is 0.444 e. The smallest absolute Gasteiger partial charge is 0.408 e. The van der Waals surface area contributed by atoms with Crippen LogP contribution < -0.4 is 27.0 Å². The number of carbonyl (C=O) groups excluding carboxylic acids is 5. The Morgan fingerprint density at radius 2 is 1.49 bits per heavy atom. The van der Waals surface area contributed by atoms with Crippen LogP contribution in [0.2, 0.25) is 0 Å². The fraction of sp³-hybridized carbons (Fsp3) is 0.621. The highest BCUT2D eigenvalue weighted by atomic mass is 16.6. The molecule has 1 aromatic rings. The Balaban J connectivity index is 2.80. The lowest BCUT2D eigenvalue weighted by Gasteiger charge is -2.29. The second kappa shape index (κ2) is 16.6. The van der Waals surface area contributed by atoms with E-state index >= 15 is 0 Å². The molecule has 5 amide bonds. The summed E-state index contributed by atoms with van der Waals surface area (Å²) in [5.74, 6) is -2.95. The van der Waals surface area contributed by atoms with Gasteiger partial charge >= 0.3 is 6.09 Å². The molecule has 0 fully saturated rings. The number of carbonyl (C=O) groups is 5. The van der Waals surface area contributed by atoms with Gasteiger partial charge in [-0.2, -0.15) is 0 Å². The first kappa shape index (κ1) is 35.4. The summed E-state index contributed by atoms with van der Waals surface area (Å²) in [6.07, 6.45) is -2.16. The maximum atomic E-state index is 13.1. The van der Waals surface area contributed by atoms with Gasteiger partial charge in [0, 0.05) is 12.5 Å². The van der Waals surface area contributed by atoms with Gasteiger partial charge in [0.1, 0.15) is 17.7 Å². The summed E-state index contributed by atoms with van der Waals surface area (Å²) < 4.78 is 5.18. The first-order chi connectivity index (χ1) is 19.0. The number of nitrogens with two attached hydrogens (primary N) is 1. The van der Waals surface area contributed by atoms with Crippen LogP contribution in [0.15, 0.2) is 30.3 Å². The van der Waals surface area contributed by atoms with Crippen LogP contribution in [0.5, 0.6) is 0 Å². The Hall–Kier alpha value is -3.67. The molecule has 0 heterocycles. The molecule has 0 radical (unpaired) electrons. The van der Waals surface area contributed by atoms with Crippen LogP contribution in [0.25, 0.3) is 0 Å². The second-order valence-electron chi connectivity index (χ2n) is 11.8. The number of ether oxygens (including phenoxy) is 1. The number of aliphatic hydroxyl groups excluding tert-OH is 1. The average molecular weight is 578 g/mol. The first-order valence-electron chi connectivity index (χ1n) is 13.9. The number of rotatable bonds is 15. The van der Waals surface area contributed by atoms with Gasteiger partial charge in [-0.05, 0) is 52.0 Å². The highest BCUT2D eigenvalue weighted by Gasteiger charge is 2.31. The van der Waals surface area contributed by atoms with E-state index in [1.807, 2.05) is 44.2 Å². The molecule has 5 atom stereocenters. The maximum absolute atomic E-state index is 13.1. The van der Waals surface area contributed by atoms with Crippen LogP contribution in [0.3, 0.4) is 0 Å². The Kier molecular flexibility index (Phi) is 14.3. The molecule has 1 rings (SSSR count). The Bertz CT molecular complexity index is 1030. The normalized spacial score (nSPS) is 15.0. The van der Waals surface area contributed by atoms with E-state index in [2.05, 4.69) is 21.3 Å². The number of hydrogen-bond donors (Lipinski definition) is 6. The summed E-state index contributed by atoms with van der Waals surface area (Å²) in [6.45, 7) is 12.3. The monoisotopic (exact) mass is 577 g/mol. The quantitative estimate of drug-likeness (QED) is 0.182. The molecule has 7 N–H and O–H groups in total. The molecular weight excluding hydrogens is 530 g/mol. The average Bonchev–Trinajstić information content (AvgIpc) is 2.85. The van der Waals surface area contributed by atoms with Crippen molar-refractivity contribution in [1.29, 1.82) is 0 Å². The van der Waals surface area contributed by atoms with E-state index < -0.39 is 66.0 Å². The molecule has 0 aliphatic rings. The summed E-state index contributed by atoms with van der Waals surface area (Å²) in [5, 5.41) is 21.5. The number of nitrogens with one attached hydrogen (secondary N) is 4. The van der Waals surface area contributed by atoms with Crippen LogP contribution in [0, 0.1) is 11.8 Å². The molecule has 12 nitrogen and oxygen atoms in total. The van der Waals surface area contributed by atoms with Gasteiger partial charge in [-0.25, -0.2) is 4.79 Å². The summed E-state index contributed by atoms with van der Waals surface area (Å²) in [7, 11) is 0. The van der Waals surface area contributed by atoms with E-state index in [9.17, 15) is 29.1 Å². The zero-order valence-electron chi connectivity index (χ0n) is 25.2. The summed E-state index contributed by atoms with van der Waals surface area (Å²) >= 11 is 0. The molecule has 0 saturated carbocycles. The van der Waals surface area contributed by atoms with Crippen molar-refractivity contribution in [2.75, 3.05) is 0 Å². The van der Waals surface area contributed by atoms with Crippen molar-refractivity contribution in [3.63, 3.8) is 0 Å². The molecule has 0 aliphatic heterocycles. The van der Waals surface area contributed by atoms with Gasteiger partial charge in [0.15, 0.2) is 0 Å². The number of primary amides is 1. The van der Waals surface area contributed by atoms with Gasteiger partial charge in [0.05, 0.1) is 18.6 Å². The lowest BCUT2D eigenvalue weighted by molar-refractivity contribution is -0.131. The number of aliphatic hydroxyl groups is 1. The van der Waals surface area contributed by atoms with Crippen LogP contribution in [-0.2, 0) is 30.5 Å². The highest BCUT2D eigenvalue weighted by Crippen LogP contribution is 2.16. The Morgan fingerprint density at radius 3 is 2.02 bits per heavy atom. The summed E-state index contributed by atoms with van der Waals surface area (Å²) in [4.78, 5) is 62.1. The van der Waals surface area contributed by atoms with Crippen molar-refractivity contribution in [2.45, 2.75) is 104 Å². The van der Waals surface area contributed by atoms with Crippen molar-refractivity contribution >= 4 is 29.7 Å². The number of hydrogen-bond acceptors (Lipinski definition) is 7. The minimum Gasteiger partial charge on any atom is -0.444 e. The van der Waals surface area contributed by atoms with E-state index in [4.69, 9.17) is 10.5 Å². The van der Waals surface area contributed by atoms with E-state index in [-0.39, 0.29) is 18.2 Å². The van der Waals surface area contributed by atoms with Gasteiger partial charge in [-0.3, -0.25) is 19.2 Å². The van der Waals surface area contributed by atoms with Gasteiger partial charge in [0.25, 0.3) is 0 Å². The third-order valence-corrected chi connectivity index (χ3v) is 6.03. The van der Waals surface area contributed by atoms with Crippen molar-refractivity contribution in [3.05, 3.63) is 35.9 Å². The Labute approximate surface area is 242 Å². The van der Waals surface area contributed by atoms with E-state index in [1.54, 1.807) is 34.6 Å². The van der Waals surface area contributed by atoms with Crippen LogP contribution in [-0.4, -0.2) is 64.7 Å². The second-order valence-corrected chi connectivity index (χ2v) is 11.8. The molecule has 41 heavy (non-hydrogen) atoms. The zero-order valence-corrected chi connectivity index (χ0v) is 25.2. The van der Waals surface area contributed by atoms with E-state index in [1.165, 1.54) is 0 Å². The number of alkyl carbamates (subject to hydrolysis) is 1. The van der Waals surface area contributed by atoms with Crippen molar-refractivity contribution in [2.24, 2.45) is 17.6 Å². The zero-order chi connectivity index (χ0) is 31.3. The summed E-state index contributed by atoms with van der Waals surface area (Å²) in [5.41, 5.74) is 5.38. The molecular formula is C29H47N5O7. The molecule has 0 bridgehead atoms. The van der Waals surface area contributed by atoms with Gasteiger partial charge in [0.2, 0.25) is 23.6 Å². The van der Waals surface area contributed by atoms with Crippen LogP contribution in [0.4, 0.5) is 4.79 Å². The highest BCUT2D eigenvalue weighted by molar-refractivity contribution is 5.91. The minimum absolute atomic E-state index is 0.0121. The predicted molar refractivity (Wildman–Crippen MR) is 154 cm³/mol. The summed E-state index contributed by atoms with van der Waals surface area (Å²) in [6, 6.07) is 6.45. The lowest BCUT2D eigenvalue weighted by atomic mass is 9.92. The third-order valence-electron chi connectivity index (χ3n) is 6.03. The Morgan fingerprint density at radius 1 is 0.878 bits per heavy atom. The first-order valence-corrected chi connectivity index (χ1v) is 13.9. The van der Waals surface area contributed by atoms with E-state index in [0.29, 0.717) is 13.0 Å². The SMILES string of the molecule is CC(C)C[C@H](NC(=O)C(CC(N)=O)NC(=O)OC(C)(C)C)[C@@H](O)C[C@@H](C)C(=O)N[C@@H](C)C(=O)NCc1ccccc1.